The van der Waals surface area contributed by atoms with Gasteiger partial charge in [0.1, 0.15) is 6.04 Å². The molecule has 0 aliphatic carbocycles. The smallest absolute Gasteiger partial charge is 0.248 e. The summed E-state index contributed by atoms with van der Waals surface area (Å²) < 4.78 is 0. The first kappa shape index (κ1) is 13.6. The van der Waals surface area contributed by atoms with Crippen LogP contribution in [-0.4, -0.2) is 51.9 Å². The van der Waals surface area contributed by atoms with E-state index in [1.54, 1.807) is 11.8 Å². The molecule has 2 aliphatic heterocycles. The fourth-order valence-electron chi connectivity index (χ4n) is 2.75. The first-order valence-corrected chi connectivity index (χ1v) is 7.95. The van der Waals surface area contributed by atoms with Crippen molar-refractivity contribution in [3.8, 4) is 0 Å². The van der Waals surface area contributed by atoms with Crippen molar-refractivity contribution in [1.82, 2.24) is 4.90 Å². The van der Waals surface area contributed by atoms with Crippen molar-refractivity contribution in [2.45, 2.75) is 24.9 Å². The van der Waals surface area contributed by atoms with Crippen LogP contribution >= 0.6 is 11.8 Å². The van der Waals surface area contributed by atoms with Crippen molar-refractivity contribution in [1.29, 1.82) is 0 Å². The van der Waals surface area contributed by atoms with Crippen molar-refractivity contribution in [2.24, 2.45) is 4.99 Å². The zero-order chi connectivity index (χ0) is 13.9. The van der Waals surface area contributed by atoms with Crippen LogP contribution in [0.1, 0.15) is 18.4 Å². The largest absolute Gasteiger partial charge is 0.394 e. The zero-order valence-electron chi connectivity index (χ0n) is 11.2. The van der Waals surface area contributed by atoms with Gasteiger partial charge in [0.25, 0.3) is 0 Å². The number of likely N-dealkylation sites (tertiary alicyclic amines) is 1. The number of amides is 1. The maximum absolute atomic E-state index is 12.5. The number of aliphatic imine (C=N–C) groups is 1. The Labute approximate surface area is 122 Å². The van der Waals surface area contributed by atoms with Crippen molar-refractivity contribution in [3.63, 3.8) is 0 Å². The molecule has 2 aliphatic rings. The number of carbonyl (C=O) groups excluding carboxylic acids is 1. The van der Waals surface area contributed by atoms with E-state index in [0.29, 0.717) is 5.75 Å². The zero-order valence-corrected chi connectivity index (χ0v) is 12.1. The fraction of sp³-hybridized carbons (Fsp3) is 0.467. The summed E-state index contributed by atoms with van der Waals surface area (Å²) in [6.45, 7) is 0.808. The van der Waals surface area contributed by atoms with Crippen molar-refractivity contribution in [2.75, 3.05) is 18.9 Å². The summed E-state index contributed by atoms with van der Waals surface area (Å²) >= 11 is 1.64. The molecule has 0 radical (unpaired) electrons. The molecule has 1 unspecified atom stereocenters. The summed E-state index contributed by atoms with van der Waals surface area (Å²) in [5, 5.41) is 10.3. The van der Waals surface area contributed by atoms with Crippen LogP contribution in [0.3, 0.4) is 0 Å². The minimum atomic E-state index is -0.289. The van der Waals surface area contributed by atoms with Crippen LogP contribution in [0.15, 0.2) is 35.3 Å². The van der Waals surface area contributed by atoms with Gasteiger partial charge in [-0.3, -0.25) is 9.79 Å². The van der Waals surface area contributed by atoms with E-state index in [0.717, 1.165) is 30.0 Å². The Hall–Kier alpha value is -1.33. The molecule has 2 heterocycles. The molecule has 4 nitrogen and oxygen atoms in total. The number of carbonyl (C=O) groups is 1. The van der Waals surface area contributed by atoms with E-state index in [1.807, 2.05) is 35.2 Å². The summed E-state index contributed by atoms with van der Waals surface area (Å²) in [6.07, 6.45) is 1.88. The van der Waals surface area contributed by atoms with Crippen LogP contribution in [0.2, 0.25) is 0 Å². The Bertz CT molecular complexity index is 518. The first-order chi connectivity index (χ1) is 9.79. The molecule has 0 aromatic heterocycles. The maximum atomic E-state index is 12.5. The molecule has 3 rings (SSSR count). The van der Waals surface area contributed by atoms with Gasteiger partial charge >= 0.3 is 0 Å². The molecular weight excluding hydrogens is 272 g/mol. The predicted molar refractivity (Wildman–Crippen MR) is 81.0 cm³/mol. The summed E-state index contributed by atoms with van der Waals surface area (Å²) in [4.78, 5) is 18.9. The monoisotopic (exact) mass is 290 g/mol. The Morgan fingerprint density at radius 1 is 1.40 bits per heavy atom. The molecule has 1 fully saturated rings. The van der Waals surface area contributed by atoms with Gasteiger partial charge in [-0.2, -0.15) is 0 Å². The van der Waals surface area contributed by atoms with Gasteiger partial charge in [-0.05, 0) is 12.8 Å². The topological polar surface area (TPSA) is 52.9 Å². The number of thioether (sulfide) groups is 1. The number of benzene rings is 1. The van der Waals surface area contributed by atoms with E-state index in [4.69, 9.17) is 0 Å². The van der Waals surface area contributed by atoms with Gasteiger partial charge in [-0.1, -0.05) is 30.3 Å². The highest BCUT2D eigenvalue weighted by atomic mass is 32.2. The Kier molecular flexibility index (Phi) is 4.08. The van der Waals surface area contributed by atoms with E-state index >= 15 is 0 Å². The van der Waals surface area contributed by atoms with Gasteiger partial charge in [0.05, 0.1) is 17.7 Å². The van der Waals surface area contributed by atoms with Crippen LogP contribution in [-0.2, 0) is 4.79 Å². The highest BCUT2D eigenvalue weighted by molar-refractivity contribution is 8.14. The molecule has 1 saturated heterocycles. The molecule has 20 heavy (non-hydrogen) atoms. The number of aliphatic hydroxyl groups excluding tert-OH is 1. The Morgan fingerprint density at radius 3 is 2.95 bits per heavy atom. The second kappa shape index (κ2) is 5.97. The minimum absolute atomic E-state index is 0.0107. The van der Waals surface area contributed by atoms with E-state index in [-0.39, 0.29) is 24.6 Å². The first-order valence-electron chi connectivity index (χ1n) is 6.97. The molecule has 1 amide bonds. The van der Waals surface area contributed by atoms with E-state index in [2.05, 4.69) is 4.99 Å². The summed E-state index contributed by atoms with van der Waals surface area (Å²) in [5.41, 5.74) is 1.08. The molecule has 1 aromatic carbocycles. The quantitative estimate of drug-likeness (QED) is 0.918. The number of nitrogens with zero attached hydrogens (tertiary/aromatic N) is 2. The molecule has 5 heteroatoms. The number of rotatable bonds is 3. The second-order valence-corrected chi connectivity index (χ2v) is 6.15. The maximum Gasteiger partial charge on any atom is 0.248 e. The average Bonchev–Trinajstić information content (AvgIpc) is 3.16. The lowest BCUT2D eigenvalue weighted by molar-refractivity contribution is -0.133. The van der Waals surface area contributed by atoms with Crippen LogP contribution in [0.4, 0.5) is 0 Å². The molecule has 1 aromatic rings. The van der Waals surface area contributed by atoms with Gasteiger partial charge in [-0.15, -0.1) is 11.8 Å². The van der Waals surface area contributed by atoms with Gasteiger partial charge < -0.3 is 10.0 Å². The van der Waals surface area contributed by atoms with Crippen molar-refractivity contribution in [3.05, 3.63) is 35.9 Å². The standard InChI is InChI=1S/C15H18N2O2S/c18-9-12-7-4-8-17(12)15(19)13-10-20-14(16-13)11-5-2-1-3-6-11/h1-3,5-6,12-13,18H,4,7-10H2/t12-,13?/m1/s1. The predicted octanol–water partition coefficient (Wildman–Crippen LogP) is 1.53. The number of aliphatic hydroxyl groups is 1. The van der Waals surface area contributed by atoms with Crippen LogP contribution < -0.4 is 0 Å². The molecule has 0 saturated carbocycles. The molecule has 106 valence electrons. The SMILES string of the molecule is O=C(C1CSC(c2ccccc2)=N1)N1CCC[C@@H]1CO. The lowest BCUT2D eigenvalue weighted by Crippen LogP contribution is -2.43. The van der Waals surface area contributed by atoms with Gasteiger partial charge in [0.2, 0.25) is 5.91 Å². The summed E-state index contributed by atoms with van der Waals surface area (Å²) in [6, 6.07) is 9.68. The highest BCUT2D eigenvalue weighted by Crippen LogP contribution is 2.26. The van der Waals surface area contributed by atoms with Crippen molar-refractivity contribution < 1.29 is 9.90 Å². The molecule has 0 bridgehead atoms. The van der Waals surface area contributed by atoms with Crippen LogP contribution in [0.5, 0.6) is 0 Å². The third-order valence-corrected chi connectivity index (χ3v) is 4.92. The summed E-state index contributed by atoms with van der Waals surface area (Å²) in [7, 11) is 0. The third kappa shape index (κ3) is 2.60. The molecule has 2 atom stereocenters. The normalized spacial score (nSPS) is 25.9. The van der Waals surface area contributed by atoms with Crippen molar-refractivity contribution >= 4 is 22.7 Å². The Morgan fingerprint density at radius 2 is 2.20 bits per heavy atom. The number of hydrogen-bond donors (Lipinski definition) is 1. The fourth-order valence-corrected chi connectivity index (χ4v) is 3.78. The minimum Gasteiger partial charge on any atom is -0.394 e. The van der Waals surface area contributed by atoms with Gasteiger partial charge in [0, 0.05) is 17.9 Å². The molecular formula is C15H18N2O2S. The molecule has 1 N–H and O–H groups in total. The average molecular weight is 290 g/mol. The lowest BCUT2D eigenvalue weighted by Gasteiger charge is -2.24. The van der Waals surface area contributed by atoms with Gasteiger partial charge in [0.15, 0.2) is 0 Å². The van der Waals surface area contributed by atoms with Crippen LogP contribution in [0.25, 0.3) is 0 Å². The van der Waals surface area contributed by atoms with E-state index < -0.39 is 0 Å². The molecule has 0 spiro atoms. The van der Waals surface area contributed by atoms with E-state index in [9.17, 15) is 9.90 Å². The second-order valence-electron chi connectivity index (χ2n) is 5.14. The van der Waals surface area contributed by atoms with Crippen LogP contribution in [0, 0.1) is 0 Å². The third-order valence-electron chi connectivity index (χ3n) is 3.83. The summed E-state index contributed by atoms with van der Waals surface area (Å²) in [5.74, 6) is 0.775. The van der Waals surface area contributed by atoms with Gasteiger partial charge in [-0.25, -0.2) is 0 Å². The number of hydrogen-bond acceptors (Lipinski definition) is 4. The highest BCUT2D eigenvalue weighted by Gasteiger charge is 2.35. The lowest BCUT2D eigenvalue weighted by atomic mass is 10.2. The Balaban J connectivity index is 1.73. The van der Waals surface area contributed by atoms with E-state index in [1.165, 1.54) is 0 Å².